The second kappa shape index (κ2) is 11.9. The Hall–Kier alpha value is -6.23. The predicted octanol–water partition coefficient (Wildman–Crippen LogP) is 12.9. The number of fused-ring (bicyclic) bond motifs is 6. The van der Waals surface area contributed by atoms with E-state index in [0.717, 1.165) is 39.2 Å². The molecule has 0 fully saturated rings. The van der Waals surface area contributed by atoms with Gasteiger partial charge in [-0.05, 0) is 68.7 Å². The minimum atomic E-state index is -0.656. The Kier molecular flexibility index (Phi) is 4.87. The lowest BCUT2D eigenvalue weighted by molar-refractivity contribution is 0.660. The van der Waals surface area contributed by atoms with Crippen LogP contribution in [0, 0.1) is 0 Å². The monoisotopic (exact) mass is 694 g/mol. The number of hydrogen-bond donors (Lipinski definition) is 0. The summed E-state index contributed by atoms with van der Waals surface area (Å²) in [5.74, 6) is 0.553. The van der Waals surface area contributed by atoms with Crippen molar-refractivity contribution in [3.63, 3.8) is 0 Å². The van der Waals surface area contributed by atoms with Gasteiger partial charge in [0.2, 0.25) is 0 Å². The molecule has 3 nitrogen and oxygen atoms in total. The van der Waals surface area contributed by atoms with Crippen LogP contribution in [0.2, 0.25) is 0 Å². The Morgan fingerprint density at radius 1 is 0.462 bits per heavy atom. The van der Waals surface area contributed by atoms with E-state index in [-0.39, 0.29) is 60.4 Å². The van der Waals surface area contributed by atoms with Gasteiger partial charge in [-0.25, -0.2) is 15.0 Å². The SMILES string of the molecule is [2H]c1c([2H])c([2H])c(-c2c([2H])c([2H])c3sc4c([2H])c(-c5nc(-c6ccc(-c7ccccc7)cc6)nc(-c6ccc7c(c6)C(C)(C)c6ccccc6-7)n5)c([2H])c([2H])c4c3c2[2H])c([2H])c1[2H]. The number of benzene rings is 7. The molecule has 2 heterocycles. The van der Waals surface area contributed by atoms with Gasteiger partial charge < -0.3 is 0 Å². The fraction of sp³-hybridized carbons (Fsp3) is 0.0625. The first-order chi connectivity index (χ1) is 30.1. The van der Waals surface area contributed by atoms with Crippen LogP contribution in [0.5, 0.6) is 0 Å². The maximum atomic E-state index is 9.61. The Bertz CT molecular complexity index is 3410. The lowest BCUT2D eigenvalue weighted by Gasteiger charge is -2.21. The van der Waals surface area contributed by atoms with E-state index in [1.165, 1.54) is 5.56 Å². The third kappa shape index (κ3) is 5.06. The summed E-state index contributed by atoms with van der Waals surface area (Å²) in [6.45, 7) is 4.35. The average Bonchev–Trinajstić information content (AvgIpc) is 3.81. The first-order valence-electron chi connectivity index (χ1n) is 22.3. The van der Waals surface area contributed by atoms with Crippen LogP contribution in [0.15, 0.2) is 164 Å². The summed E-state index contributed by atoms with van der Waals surface area (Å²) in [6.07, 6.45) is 0. The van der Waals surface area contributed by atoms with Crippen molar-refractivity contribution in [1.29, 1.82) is 0 Å². The molecular formula is C48H33N3S. The van der Waals surface area contributed by atoms with Crippen LogP contribution >= 0.6 is 11.3 Å². The second-order valence-corrected chi connectivity index (χ2v) is 14.2. The Labute approximate surface area is 322 Å². The molecule has 0 atom stereocenters. The lowest BCUT2D eigenvalue weighted by atomic mass is 9.82. The van der Waals surface area contributed by atoms with Crippen molar-refractivity contribution in [3.05, 3.63) is 175 Å². The number of nitrogens with zero attached hydrogens (tertiary/aromatic N) is 3. The molecule has 0 N–H and O–H groups in total. The zero-order valence-corrected chi connectivity index (χ0v) is 28.8. The zero-order valence-electron chi connectivity index (χ0n) is 39.0. The molecule has 0 radical (unpaired) electrons. The fourth-order valence-electron chi connectivity index (χ4n) is 7.03. The van der Waals surface area contributed by atoms with Crippen LogP contribution in [0.3, 0.4) is 0 Å². The normalized spacial score (nSPS) is 15.9. The molecule has 0 aliphatic heterocycles. The minimum Gasteiger partial charge on any atom is -0.208 e. The van der Waals surface area contributed by atoms with E-state index < -0.39 is 59.9 Å². The molecule has 4 heteroatoms. The van der Waals surface area contributed by atoms with Crippen LogP contribution < -0.4 is 0 Å². The molecule has 0 spiro atoms. The Morgan fingerprint density at radius 2 is 1.10 bits per heavy atom. The highest BCUT2D eigenvalue weighted by molar-refractivity contribution is 7.25. The van der Waals surface area contributed by atoms with E-state index in [1.807, 2.05) is 72.8 Å². The highest BCUT2D eigenvalue weighted by atomic mass is 32.1. The van der Waals surface area contributed by atoms with Crippen molar-refractivity contribution in [2.45, 2.75) is 19.3 Å². The summed E-state index contributed by atoms with van der Waals surface area (Å²) in [4.78, 5) is 14.8. The van der Waals surface area contributed by atoms with Crippen molar-refractivity contribution in [2.24, 2.45) is 0 Å². The molecule has 0 saturated heterocycles. The molecule has 0 amide bonds. The standard InChI is InChI=1S/C48H33N3S/c1-48(2)41-16-10-9-15-37(41)38-24-21-35(28-42(38)48)46-49-45(33-19-17-32(18-20-33)30-11-5-3-6-12-30)50-47(51-46)36-22-25-39-40-27-34(31-13-7-4-8-14-31)23-26-43(40)52-44(39)29-36/h3-29H,1-2H3/i4D,7D,8D,13D,14D,22D,23D,25D,26D,27D,29D. The third-order valence-corrected chi connectivity index (χ3v) is 10.7. The van der Waals surface area contributed by atoms with Gasteiger partial charge in [-0.2, -0.15) is 0 Å². The number of hydrogen-bond acceptors (Lipinski definition) is 4. The fourth-order valence-corrected chi connectivity index (χ4v) is 8.00. The van der Waals surface area contributed by atoms with Gasteiger partial charge in [0, 0.05) is 42.3 Å². The van der Waals surface area contributed by atoms with Gasteiger partial charge in [-0.3, -0.25) is 0 Å². The highest BCUT2D eigenvalue weighted by Gasteiger charge is 2.35. The lowest BCUT2D eigenvalue weighted by Crippen LogP contribution is -2.15. The molecule has 0 unspecified atom stereocenters. The van der Waals surface area contributed by atoms with Crippen molar-refractivity contribution in [1.82, 2.24) is 15.0 Å². The van der Waals surface area contributed by atoms with Crippen LogP contribution in [-0.2, 0) is 5.41 Å². The van der Waals surface area contributed by atoms with Gasteiger partial charge in [0.25, 0.3) is 0 Å². The van der Waals surface area contributed by atoms with E-state index >= 15 is 0 Å². The molecule has 10 rings (SSSR count). The van der Waals surface area contributed by atoms with Crippen LogP contribution in [0.4, 0.5) is 0 Å². The summed E-state index contributed by atoms with van der Waals surface area (Å²) >= 11 is 0.917. The second-order valence-electron chi connectivity index (χ2n) is 13.2. The van der Waals surface area contributed by atoms with Crippen molar-refractivity contribution >= 4 is 31.5 Å². The van der Waals surface area contributed by atoms with Gasteiger partial charge in [0.15, 0.2) is 17.5 Å². The molecule has 52 heavy (non-hydrogen) atoms. The van der Waals surface area contributed by atoms with Crippen LogP contribution in [0.1, 0.15) is 40.1 Å². The van der Waals surface area contributed by atoms with Gasteiger partial charge >= 0.3 is 0 Å². The van der Waals surface area contributed by atoms with Crippen molar-refractivity contribution < 1.29 is 15.1 Å². The molecule has 246 valence electrons. The smallest absolute Gasteiger partial charge is 0.164 e. The summed E-state index contributed by atoms with van der Waals surface area (Å²) in [5, 5.41) is -0.0130. The summed E-state index contributed by atoms with van der Waals surface area (Å²) in [7, 11) is 0. The Morgan fingerprint density at radius 3 is 1.90 bits per heavy atom. The van der Waals surface area contributed by atoms with Crippen molar-refractivity contribution in [3.8, 4) is 67.5 Å². The van der Waals surface area contributed by atoms with Crippen LogP contribution in [-0.4, -0.2) is 15.0 Å². The molecule has 2 aromatic heterocycles. The maximum absolute atomic E-state index is 9.61. The van der Waals surface area contributed by atoms with Gasteiger partial charge in [-0.15, -0.1) is 11.3 Å². The van der Waals surface area contributed by atoms with E-state index in [4.69, 9.17) is 24.5 Å². The summed E-state index contributed by atoms with van der Waals surface area (Å²) in [6, 6.07) is 26.4. The molecule has 0 saturated carbocycles. The molecule has 7 aromatic carbocycles. The molecule has 1 aliphatic carbocycles. The molecule has 9 aromatic rings. The molecular weight excluding hydrogens is 651 g/mol. The van der Waals surface area contributed by atoms with Gasteiger partial charge in [-0.1, -0.05) is 153 Å². The van der Waals surface area contributed by atoms with E-state index in [2.05, 4.69) is 38.1 Å². The summed E-state index contributed by atoms with van der Waals surface area (Å²) < 4.78 is 97.7. The first kappa shape index (κ1) is 21.2. The highest BCUT2D eigenvalue weighted by Crippen LogP contribution is 2.49. The maximum Gasteiger partial charge on any atom is 0.164 e. The van der Waals surface area contributed by atoms with Gasteiger partial charge in [0.05, 0.1) is 15.1 Å². The van der Waals surface area contributed by atoms with E-state index in [1.54, 1.807) is 0 Å². The van der Waals surface area contributed by atoms with E-state index in [9.17, 15) is 5.48 Å². The van der Waals surface area contributed by atoms with Crippen LogP contribution in [0.25, 0.3) is 87.7 Å². The first-order valence-corrected chi connectivity index (χ1v) is 17.6. The summed E-state index contributed by atoms with van der Waals surface area (Å²) in [5.41, 5.74) is 6.76. The quantitative estimate of drug-likeness (QED) is 0.180. The molecule has 0 bridgehead atoms. The Balaban J connectivity index is 1.20. The third-order valence-electron chi connectivity index (χ3n) is 9.71. The predicted molar refractivity (Wildman–Crippen MR) is 217 cm³/mol. The van der Waals surface area contributed by atoms with E-state index in [0.29, 0.717) is 17.0 Å². The molecule has 1 aliphatic rings. The zero-order chi connectivity index (χ0) is 44.4. The van der Waals surface area contributed by atoms with Gasteiger partial charge in [0.1, 0.15) is 0 Å². The van der Waals surface area contributed by atoms with Crippen molar-refractivity contribution in [2.75, 3.05) is 0 Å². The minimum absolute atomic E-state index is 0.00675. The number of rotatable bonds is 5. The average molecular weight is 695 g/mol. The topological polar surface area (TPSA) is 38.7 Å². The number of aromatic nitrogens is 3. The number of thiophene rings is 1. The largest absolute Gasteiger partial charge is 0.208 e.